The van der Waals surface area contributed by atoms with Crippen LogP contribution in [0.2, 0.25) is 0 Å². The minimum absolute atomic E-state index is 0.184. The molecule has 8 nitrogen and oxygen atoms in total. The first-order valence-corrected chi connectivity index (χ1v) is 11.3. The third-order valence-electron chi connectivity index (χ3n) is 6.57. The van der Waals surface area contributed by atoms with E-state index in [4.69, 9.17) is 4.74 Å². The van der Waals surface area contributed by atoms with Crippen molar-refractivity contribution in [3.05, 3.63) is 133 Å². The zero-order valence-corrected chi connectivity index (χ0v) is 19.1. The van der Waals surface area contributed by atoms with Gasteiger partial charge in [-0.25, -0.2) is 9.59 Å². The molecule has 1 aliphatic carbocycles. The molecule has 0 amide bonds. The first kappa shape index (κ1) is 21.5. The van der Waals surface area contributed by atoms with Crippen molar-refractivity contribution in [2.24, 2.45) is 7.05 Å². The molecule has 2 N–H and O–H groups in total. The molecule has 0 saturated carbocycles. The Bertz CT molecular complexity index is 1710. The van der Waals surface area contributed by atoms with Gasteiger partial charge in [-0.3, -0.25) is 19.1 Å². The predicted molar refractivity (Wildman–Crippen MR) is 133 cm³/mol. The lowest BCUT2D eigenvalue weighted by Crippen LogP contribution is -2.37. The van der Waals surface area contributed by atoms with Crippen molar-refractivity contribution in [1.29, 1.82) is 0 Å². The number of hydrogen-bond acceptors (Lipinski definition) is 6. The van der Waals surface area contributed by atoms with E-state index in [9.17, 15) is 19.2 Å². The zero-order valence-electron chi connectivity index (χ0n) is 19.1. The molecule has 0 fully saturated rings. The van der Waals surface area contributed by atoms with E-state index in [1.807, 2.05) is 18.2 Å². The van der Waals surface area contributed by atoms with Crippen LogP contribution >= 0.6 is 0 Å². The molecule has 36 heavy (non-hydrogen) atoms. The third-order valence-corrected chi connectivity index (χ3v) is 6.57. The van der Waals surface area contributed by atoms with Gasteiger partial charge >= 0.3 is 11.7 Å². The summed E-state index contributed by atoms with van der Waals surface area (Å²) in [5.74, 6) is -0.751. The van der Waals surface area contributed by atoms with Gasteiger partial charge in [0.15, 0.2) is 5.78 Å². The summed E-state index contributed by atoms with van der Waals surface area (Å²) in [7, 11) is 1.56. The molecular weight excluding hydrogens is 458 g/mol. The Hall–Kier alpha value is -4.98. The molecule has 4 aromatic rings. The van der Waals surface area contributed by atoms with Crippen molar-refractivity contribution >= 4 is 23.3 Å². The van der Waals surface area contributed by atoms with Crippen molar-refractivity contribution in [3.63, 3.8) is 0 Å². The molecule has 2 heterocycles. The van der Waals surface area contributed by atoms with Gasteiger partial charge in [-0.1, -0.05) is 54.6 Å². The summed E-state index contributed by atoms with van der Waals surface area (Å²) >= 11 is 0. The maximum Gasteiger partial charge on any atom is 0.343 e. The molecule has 2 aliphatic rings. The fraction of sp³-hybridized carbons (Fsp3) is 0.0714. The molecule has 176 valence electrons. The molecule has 1 atom stereocenters. The second kappa shape index (κ2) is 8.06. The fourth-order valence-electron chi connectivity index (χ4n) is 4.83. The summed E-state index contributed by atoms with van der Waals surface area (Å²) < 4.78 is 6.81. The maximum absolute atomic E-state index is 13.5. The summed E-state index contributed by atoms with van der Waals surface area (Å²) in [5, 5.41) is 3.18. The van der Waals surface area contributed by atoms with Crippen molar-refractivity contribution < 1.29 is 14.3 Å². The first-order chi connectivity index (χ1) is 17.4. The molecule has 3 aromatic carbocycles. The van der Waals surface area contributed by atoms with Gasteiger partial charge in [0.2, 0.25) is 0 Å². The Balaban J connectivity index is 1.46. The Morgan fingerprint density at radius 1 is 0.861 bits per heavy atom. The molecule has 0 unspecified atom stereocenters. The van der Waals surface area contributed by atoms with Crippen LogP contribution in [0, 0.1) is 0 Å². The number of aromatic amines is 1. The summed E-state index contributed by atoms with van der Waals surface area (Å²) in [6.07, 6.45) is 0. The maximum atomic E-state index is 13.5. The van der Waals surface area contributed by atoms with Gasteiger partial charge in [-0.15, -0.1) is 0 Å². The van der Waals surface area contributed by atoms with Gasteiger partial charge in [0, 0.05) is 29.7 Å². The number of nitrogens with zero attached hydrogens (tertiary/aromatic N) is 1. The van der Waals surface area contributed by atoms with Crippen LogP contribution in [0.15, 0.2) is 94.0 Å². The van der Waals surface area contributed by atoms with Gasteiger partial charge in [-0.05, 0) is 29.8 Å². The number of benzene rings is 3. The van der Waals surface area contributed by atoms with Crippen LogP contribution in [0.3, 0.4) is 0 Å². The monoisotopic (exact) mass is 477 g/mol. The van der Waals surface area contributed by atoms with Crippen molar-refractivity contribution in [2.45, 2.75) is 5.92 Å². The average molecular weight is 477 g/mol. The number of allylic oxidation sites excluding steroid dienone is 1. The Labute approximate surface area is 204 Å². The summed E-state index contributed by atoms with van der Waals surface area (Å²) in [6, 6.07) is 22.5. The Kier molecular flexibility index (Phi) is 4.82. The minimum atomic E-state index is -0.731. The van der Waals surface area contributed by atoms with Gasteiger partial charge < -0.3 is 10.1 Å². The van der Waals surface area contributed by atoms with E-state index in [-0.39, 0.29) is 11.3 Å². The smallest absolute Gasteiger partial charge is 0.343 e. The topological polar surface area (TPSA) is 110 Å². The Morgan fingerprint density at radius 3 is 2.25 bits per heavy atom. The first-order valence-electron chi connectivity index (χ1n) is 11.3. The number of rotatable bonds is 3. The van der Waals surface area contributed by atoms with Gasteiger partial charge in [0.1, 0.15) is 11.6 Å². The van der Waals surface area contributed by atoms with Gasteiger partial charge in [0.25, 0.3) is 5.56 Å². The number of hydrogen-bond donors (Lipinski definition) is 2. The standard InChI is InChI=1S/C28H19N3O5/c1-31-25-22(26(33)30-28(31)35)20(21-23(29-25)18-9-5-6-10-19(18)24(21)32)15-11-13-17(14-12-15)36-27(34)16-7-3-2-4-8-16/h2-14,20,29H,1H3,(H,30,33,35)/t20-/m1/s1. The van der Waals surface area contributed by atoms with Gasteiger partial charge in [-0.2, -0.15) is 0 Å². The molecule has 0 saturated heterocycles. The lowest BCUT2D eigenvalue weighted by molar-refractivity contribution is 0.0734. The number of carbonyl (C=O) groups excluding carboxylic acids is 2. The van der Waals surface area contributed by atoms with E-state index in [0.717, 1.165) is 0 Å². The quantitative estimate of drug-likeness (QED) is 0.346. The molecule has 1 aliphatic heterocycles. The van der Waals surface area contributed by atoms with Crippen molar-refractivity contribution in [3.8, 4) is 5.75 Å². The highest BCUT2D eigenvalue weighted by Crippen LogP contribution is 2.47. The molecular formula is C28H19N3O5. The van der Waals surface area contributed by atoms with E-state index >= 15 is 0 Å². The van der Waals surface area contributed by atoms with E-state index in [1.165, 1.54) is 4.57 Å². The SMILES string of the molecule is Cn1c2c(c(=O)[nH]c1=O)[C@H](c1ccc(OC(=O)c3ccccc3)cc1)C1=C(N2)c2ccccc2C1=O. The van der Waals surface area contributed by atoms with Crippen molar-refractivity contribution in [1.82, 2.24) is 9.55 Å². The summed E-state index contributed by atoms with van der Waals surface area (Å²) in [5.41, 5.74) is 2.47. The highest BCUT2D eigenvalue weighted by Gasteiger charge is 2.42. The highest BCUT2D eigenvalue weighted by molar-refractivity contribution is 6.23. The van der Waals surface area contributed by atoms with Crippen LogP contribution in [0.4, 0.5) is 5.82 Å². The molecule has 6 rings (SSSR count). The molecule has 0 spiro atoms. The summed E-state index contributed by atoms with van der Waals surface area (Å²) in [6.45, 7) is 0. The zero-order chi connectivity index (χ0) is 25.0. The predicted octanol–water partition coefficient (Wildman–Crippen LogP) is 3.46. The van der Waals surface area contributed by atoms with Crippen LogP contribution in [0.25, 0.3) is 5.70 Å². The molecule has 0 bridgehead atoms. The second-order valence-corrected chi connectivity index (χ2v) is 8.63. The number of H-pyrrole nitrogens is 1. The lowest BCUT2D eigenvalue weighted by atomic mass is 9.81. The van der Waals surface area contributed by atoms with Crippen molar-refractivity contribution in [2.75, 3.05) is 5.32 Å². The normalized spacial score (nSPS) is 15.6. The van der Waals surface area contributed by atoms with E-state index < -0.39 is 23.1 Å². The number of anilines is 1. The fourth-order valence-corrected chi connectivity index (χ4v) is 4.83. The second-order valence-electron chi connectivity index (χ2n) is 8.63. The summed E-state index contributed by atoms with van der Waals surface area (Å²) in [4.78, 5) is 53.7. The largest absolute Gasteiger partial charge is 0.423 e. The van der Waals surface area contributed by atoms with Crippen LogP contribution in [0.5, 0.6) is 5.75 Å². The van der Waals surface area contributed by atoms with Crippen LogP contribution < -0.4 is 21.3 Å². The molecule has 0 radical (unpaired) electrons. The minimum Gasteiger partial charge on any atom is -0.423 e. The lowest BCUT2D eigenvalue weighted by Gasteiger charge is -2.29. The van der Waals surface area contributed by atoms with Crippen LogP contribution in [-0.2, 0) is 7.05 Å². The number of carbonyl (C=O) groups is 2. The van der Waals surface area contributed by atoms with Gasteiger partial charge in [0.05, 0.1) is 16.8 Å². The number of esters is 1. The third kappa shape index (κ3) is 3.23. The number of ketones is 1. The van der Waals surface area contributed by atoms with E-state index in [0.29, 0.717) is 45.1 Å². The number of ether oxygens (including phenoxy) is 1. The van der Waals surface area contributed by atoms with E-state index in [1.54, 1.807) is 67.7 Å². The van der Waals surface area contributed by atoms with Crippen LogP contribution in [0.1, 0.15) is 43.3 Å². The number of aromatic nitrogens is 2. The highest BCUT2D eigenvalue weighted by atomic mass is 16.5. The Morgan fingerprint density at radius 2 is 1.53 bits per heavy atom. The van der Waals surface area contributed by atoms with E-state index in [2.05, 4.69) is 10.3 Å². The molecule has 1 aromatic heterocycles. The average Bonchev–Trinajstić information content (AvgIpc) is 3.19. The number of nitrogens with one attached hydrogen (secondary N) is 2. The molecule has 8 heteroatoms. The van der Waals surface area contributed by atoms with Crippen LogP contribution in [-0.4, -0.2) is 21.3 Å². The number of fused-ring (bicyclic) bond motifs is 3. The number of Topliss-reactive ketones (excluding diaryl/α,β-unsaturated/α-hetero) is 1.